The minimum absolute atomic E-state index is 0.0726. The van der Waals surface area contributed by atoms with E-state index >= 15 is 0 Å². The van der Waals surface area contributed by atoms with Crippen LogP contribution in [0.3, 0.4) is 0 Å². The van der Waals surface area contributed by atoms with E-state index in [4.69, 9.17) is 10.5 Å². The van der Waals surface area contributed by atoms with Gasteiger partial charge in [-0.3, -0.25) is 4.79 Å². The normalized spacial score (nSPS) is 14.4. The van der Waals surface area contributed by atoms with Crippen molar-refractivity contribution >= 4 is 17.2 Å². The van der Waals surface area contributed by atoms with Crippen LogP contribution in [-0.2, 0) is 9.53 Å². The van der Waals surface area contributed by atoms with E-state index in [-0.39, 0.29) is 18.6 Å². The van der Waals surface area contributed by atoms with Gasteiger partial charge in [0, 0.05) is 12.0 Å². The molecule has 6 heteroatoms. The number of nitrogens with two attached hydrogens (primary N) is 1. The van der Waals surface area contributed by atoms with Crippen molar-refractivity contribution in [2.75, 3.05) is 13.7 Å². The van der Waals surface area contributed by atoms with Gasteiger partial charge in [0.1, 0.15) is 6.04 Å². The lowest BCUT2D eigenvalue weighted by molar-refractivity contribution is -0.124. The summed E-state index contributed by atoms with van der Waals surface area (Å²) in [5.74, 6) is -0.204. The Morgan fingerprint density at radius 1 is 1.59 bits per heavy atom. The van der Waals surface area contributed by atoms with Crippen LogP contribution in [0, 0.1) is 13.8 Å². The van der Waals surface area contributed by atoms with Crippen LogP contribution in [0.25, 0.3) is 0 Å². The molecule has 0 radical (unpaired) electrons. The molecule has 0 saturated carbocycles. The zero-order valence-electron chi connectivity index (χ0n) is 10.6. The van der Waals surface area contributed by atoms with E-state index in [9.17, 15) is 4.79 Å². The largest absolute Gasteiger partial charge is 0.383 e. The van der Waals surface area contributed by atoms with Gasteiger partial charge in [-0.05, 0) is 20.8 Å². The third-order valence-corrected chi connectivity index (χ3v) is 3.63. The van der Waals surface area contributed by atoms with E-state index in [1.165, 1.54) is 7.11 Å². The van der Waals surface area contributed by atoms with Crippen LogP contribution in [-0.4, -0.2) is 30.6 Å². The van der Waals surface area contributed by atoms with Crippen molar-refractivity contribution < 1.29 is 9.53 Å². The fourth-order valence-electron chi connectivity index (χ4n) is 1.59. The number of amides is 1. The Morgan fingerprint density at radius 2 is 2.24 bits per heavy atom. The van der Waals surface area contributed by atoms with Crippen LogP contribution in [0.1, 0.15) is 28.5 Å². The first-order valence-corrected chi connectivity index (χ1v) is 6.26. The maximum absolute atomic E-state index is 11.7. The molecular formula is C11H19N3O2S. The first-order chi connectivity index (χ1) is 7.95. The van der Waals surface area contributed by atoms with E-state index in [2.05, 4.69) is 10.3 Å². The fourth-order valence-corrected chi connectivity index (χ4v) is 2.52. The summed E-state index contributed by atoms with van der Waals surface area (Å²) in [6.07, 6.45) is 0. The number of aromatic nitrogens is 1. The van der Waals surface area contributed by atoms with Crippen molar-refractivity contribution in [2.24, 2.45) is 5.73 Å². The zero-order chi connectivity index (χ0) is 13.0. The van der Waals surface area contributed by atoms with E-state index in [0.29, 0.717) is 0 Å². The molecule has 1 aromatic heterocycles. The van der Waals surface area contributed by atoms with Crippen LogP contribution < -0.4 is 11.1 Å². The molecule has 3 N–H and O–H groups in total. The van der Waals surface area contributed by atoms with Crippen molar-refractivity contribution in [3.8, 4) is 0 Å². The topological polar surface area (TPSA) is 77.2 Å². The molecule has 0 fully saturated rings. The zero-order valence-corrected chi connectivity index (χ0v) is 11.4. The van der Waals surface area contributed by atoms with Gasteiger partial charge in [0.15, 0.2) is 0 Å². The van der Waals surface area contributed by atoms with Gasteiger partial charge in [0.25, 0.3) is 0 Å². The van der Waals surface area contributed by atoms with Gasteiger partial charge in [0.2, 0.25) is 5.91 Å². The number of aryl methyl sites for hydroxylation is 2. The van der Waals surface area contributed by atoms with E-state index < -0.39 is 6.04 Å². The van der Waals surface area contributed by atoms with Crippen molar-refractivity contribution in [3.05, 3.63) is 15.6 Å². The first-order valence-electron chi connectivity index (χ1n) is 5.44. The Labute approximate surface area is 105 Å². The highest BCUT2D eigenvalue weighted by molar-refractivity contribution is 7.11. The third kappa shape index (κ3) is 3.76. The molecule has 5 nitrogen and oxygen atoms in total. The summed E-state index contributed by atoms with van der Waals surface area (Å²) >= 11 is 1.59. The highest BCUT2D eigenvalue weighted by Gasteiger charge is 2.19. The molecule has 0 spiro atoms. The molecule has 1 amide bonds. The average molecular weight is 257 g/mol. The van der Waals surface area contributed by atoms with Gasteiger partial charge < -0.3 is 15.8 Å². The molecule has 1 rings (SSSR count). The van der Waals surface area contributed by atoms with E-state index in [1.807, 2.05) is 20.8 Å². The number of methoxy groups -OCH3 is 1. The minimum atomic E-state index is -0.628. The summed E-state index contributed by atoms with van der Waals surface area (Å²) in [6, 6.07) is -0.701. The quantitative estimate of drug-likeness (QED) is 0.822. The second kappa shape index (κ2) is 6.09. The fraction of sp³-hybridized carbons (Fsp3) is 0.636. The van der Waals surface area contributed by atoms with Crippen LogP contribution in [0.4, 0.5) is 0 Å². The van der Waals surface area contributed by atoms with Crippen molar-refractivity contribution in [1.82, 2.24) is 10.3 Å². The molecule has 0 saturated heterocycles. The Balaban J connectivity index is 2.63. The second-order valence-electron chi connectivity index (χ2n) is 3.97. The number of carbonyl (C=O) groups is 1. The molecule has 2 unspecified atom stereocenters. The lowest BCUT2D eigenvalue weighted by atomic mass is 10.2. The molecule has 0 aliphatic rings. The molecule has 17 heavy (non-hydrogen) atoms. The van der Waals surface area contributed by atoms with Gasteiger partial charge in [-0.25, -0.2) is 4.98 Å². The smallest absolute Gasteiger partial charge is 0.239 e. The highest BCUT2D eigenvalue weighted by atomic mass is 32.1. The molecule has 96 valence electrons. The lowest BCUT2D eigenvalue weighted by Gasteiger charge is -2.16. The van der Waals surface area contributed by atoms with E-state index in [0.717, 1.165) is 15.6 Å². The maximum Gasteiger partial charge on any atom is 0.239 e. The Hall–Kier alpha value is -0.980. The number of ether oxygens (including phenoxy) is 1. The third-order valence-electron chi connectivity index (χ3n) is 2.37. The van der Waals surface area contributed by atoms with Crippen LogP contribution in [0.15, 0.2) is 0 Å². The van der Waals surface area contributed by atoms with Gasteiger partial charge in [-0.15, -0.1) is 11.3 Å². The van der Waals surface area contributed by atoms with Gasteiger partial charge in [0.05, 0.1) is 23.4 Å². The Bertz CT molecular complexity index is 392. The summed E-state index contributed by atoms with van der Waals surface area (Å²) < 4.78 is 4.84. The molecule has 0 aliphatic heterocycles. The molecule has 1 aromatic rings. The average Bonchev–Trinajstić information content (AvgIpc) is 2.58. The molecule has 0 aliphatic carbocycles. The number of thiazole rings is 1. The molecule has 2 atom stereocenters. The molecular weight excluding hydrogens is 238 g/mol. The van der Waals surface area contributed by atoms with Gasteiger partial charge in [-0.1, -0.05) is 0 Å². The minimum Gasteiger partial charge on any atom is -0.383 e. The van der Waals surface area contributed by atoms with Crippen molar-refractivity contribution in [2.45, 2.75) is 32.9 Å². The number of rotatable bonds is 5. The van der Waals surface area contributed by atoms with Gasteiger partial charge in [-0.2, -0.15) is 0 Å². The number of hydrogen-bond donors (Lipinski definition) is 2. The highest BCUT2D eigenvalue weighted by Crippen LogP contribution is 2.24. The summed E-state index contributed by atoms with van der Waals surface area (Å²) in [5.41, 5.74) is 6.61. The van der Waals surface area contributed by atoms with Crippen LogP contribution in [0.2, 0.25) is 0 Å². The van der Waals surface area contributed by atoms with Crippen molar-refractivity contribution in [3.63, 3.8) is 0 Å². The van der Waals surface area contributed by atoms with E-state index in [1.54, 1.807) is 11.3 Å². The van der Waals surface area contributed by atoms with Gasteiger partial charge >= 0.3 is 0 Å². The molecule has 0 aromatic carbocycles. The Kier molecular flexibility index (Phi) is 5.04. The summed E-state index contributed by atoms with van der Waals surface area (Å²) in [4.78, 5) is 17.1. The predicted octanol–water partition coefficient (Wildman–Crippen LogP) is 0.911. The lowest BCUT2D eigenvalue weighted by Crippen LogP contribution is -2.44. The number of carbonyl (C=O) groups excluding carboxylic acids is 1. The SMILES string of the molecule is COCC(N)C(=O)NC(C)c1sc(C)nc1C. The van der Waals surface area contributed by atoms with Crippen LogP contribution in [0.5, 0.6) is 0 Å². The summed E-state index contributed by atoms with van der Waals surface area (Å²) in [6.45, 7) is 6.04. The first kappa shape index (κ1) is 14.1. The summed E-state index contributed by atoms with van der Waals surface area (Å²) in [7, 11) is 1.52. The second-order valence-corrected chi connectivity index (χ2v) is 5.21. The monoisotopic (exact) mass is 257 g/mol. The predicted molar refractivity (Wildman–Crippen MR) is 68.0 cm³/mol. The number of nitrogens with one attached hydrogen (secondary N) is 1. The van der Waals surface area contributed by atoms with Crippen molar-refractivity contribution in [1.29, 1.82) is 0 Å². The number of nitrogens with zero attached hydrogens (tertiary/aromatic N) is 1. The van der Waals surface area contributed by atoms with Crippen LogP contribution >= 0.6 is 11.3 Å². The number of hydrogen-bond acceptors (Lipinski definition) is 5. The summed E-state index contributed by atoms with van der Waals surface area (Å²) in [5, 5.41) is 3.86. The molecule has 0 bridgehead atoms. The standard InChI is InChI=1S/C11H19N3O2S/c1-6-10(17-8(3)13-6)7(2)14-11(15)9(12)5-16-4/h7,9H,5,12H2,1-4H3,(H,14,15). The molecule has 1 heterocycles. The maximum atomic E-state index is 11.7. The Morgan fingerprint density at radius 3 is 2.71 bits per heavy atom.